The second-order valence-electron chi connectivity index (χ2n) is 6.27. The van der Waals surface area contributed by atoms with Gasteiger partial charge in [0.15, 0.2) is 5.13 Å². The molecule has 0 saturated carbocycles. The number of carbonyl (C=O) groups excluding carboxylic acids is 2. The molecule has 0 radical (unpaired) electrons. The van der Waals surface area contributed by atoms with E-state index in [0.29, 0.717) is 40.5 Å². The normalized spacial score (nSPS) is 17.0. The van der Waals surface area contributed by atoms with Crippen molar-refractivity contribution >= 4 is 51.5 Å². The zero-order valence-electron chi connectivity index (χ0n) is 14.3. The van der Waals surface area contributed by atoms with Gasteiger partial charge in [-0.2, -0.15) is 0 Å². The summed E-state index contributed by atoms with van der Waals surface area (Å²) >= 11 is 13.1. The standard InChI is InChI=1S/C17H18Cl2N4O2S/c1-22(2)11-5-6-23(8-11)16(25)14-9-26-17(20-14)21-15(24)12-4-3-10(18)7-13(12)19/h3-4,7,9,11H,5-6,8H2,1-2H3,(H,20,21,24). The first-order valence-corrected chi connectivity index (χ1v) is 9.66. The highest BCUT2D eigenvalue weighted by Crippen LogP contribution is 2.24. The third-order valence-corrected chi connectivity index (χ3v) is 5.61. The first-order valence-electron chi connectivity index (χ1n) is 8.03. The Labute approximate surface area is 165 Å². The molecule has 1 unspecified atom stereocenters. The van der Waals surface area contributed by atoms with Crippen LogP contribution in [0, 0.1) is 0 Å². The monoisotopic (exact) mass is 412 g/mol. The number of hydrogen-bond acceptors (Lipinski definition) is 5. The number of thiazole rings is 1. The molecular formula is C17H18Cl2N4O2S. The molecule has 0 spiro atoms. The highest BCUT2D eigenvalue weighted by Gasteiger charge is 2.29. The molecule has 26 heavy (non-hydrogen) atoms. The van der Waals surface area contributed by atoms with Crippen molar-refractivity contribution in [2.45, 2.75) is 12.5 Å². The Morgan fingerprint density at radius 3 is 2.77 bits per heavy atom. The molecule has 1 aromatic carbocycles. The Kier molecular flexibility index (Phi) is 5.82. The largest absolute Gasteiger partial charge is 0.336 e. The van der Waals surface area contributed by atoms with Crippen molar-refractivity contribution in [3.63, 3.8) is 0 Å². The first kappa shape index (κ1) is 19.1. The lowest BCUT2D eigenvalue weighted by Gasteiger charge is -2.19. The fourth-order valence-corrected chi connectivity index (χ4v) is 3.95. The molecule has 3 rings (SSSR count). The van der Waals surface area contributed by atoms with Crippen LogP contribution in [0.5, 0.6) is 0 Å². The van der Waals surface area contributed by atoms with Gasteiger partial charge >= 0.3 is 0 Å². The molecule has 2 aromatic rings. The Bertz CT molecular complexity index is 840. The van der Waals surface area contributed by atoms with Gasteiger partial charge in [-0.15, -0.1) is 11.3 Å². The van der Waals surface area contributed by atoms with E-state index >= 15 is 0 Å². The topological polar surface area (TPSA) is 65.5 Å². The molecule has 1 atom stereocenters. The van der Waals surface area contributed by atoms with Gasteiger partial charge in [0.05, 0.1) is 10.6 Å². The second-order valence-corrected chi connectivity index (χ2v) is 7.98. The molecule has 1 aliphatic heterocycles. The van der Waals surface area contributed by atoms with Crippen molar-refractivity contribution in [3.8, 4) is 0 Å². The van der Waals surface area contributed by atoms with E-state index < -0.39 is 5.91 Å². The molecule has 1 saturated heterocycles. The maximum absolute atomic E-state index is 12.6. The molecule has 0 aliphatic carbocycles. The zero-order valence-corrected chi connectivity index (χ0v) is 16.7. The lowest BCUT2D eigenvalue weighted by Crippen LogP contribution is -2.34. The summed E-state index contributed by atoms with van der Waals surface area (Å²) in [5.74, 6) is -0.510. The number of halogens is 2. The summed E-state index contributed by atoms with van der Waals surface area (Å²) in [6.45, 7) is 1.40. The second kappa shape index (κ2) is 7.92. The van der Waals surface area contributed by atoms with Crippen LogP contribution < -0.4 is 5.32 Å². The van der Waals surface area contributed by atoms with E-state index in [-0.39, 0.29) is 10.9 Å². The van der Waals surface area contributed by atoms with Crippen LogP contribution in [0.1, 0.15) is 27.3 Å². The molecule has 9 heteroatoms. The number of carbonyl (C=O) groups is 2. The maximum Gasteiger partial charge on any atom is 0.273 e. The number of nitrogens with zero attached hydrogens (tertiary/aromatic N) is 3. The molecule has 2 amide bonds. The number of nitrogens with one attached hydrogen (secondary N) is 1. The third-order valence-electron chi connectivity index (χ3n) is 4.30. The number of amides is 2. The van der Waals surface area contributed by atoms with Crippen molar-refractivity contribution < 1.29 is 9.59 Å². The van der Waals surface area contributed by atoms with E-state index in [1.54, 1.807) is 22.4 Å². The van der Waals surface area contributed by atoms with Crippen LogP contribution in [0.25, 0.3) is 0 Å². The highest BCUT2D eigenvalue weighted by atomic mass is 35.5. The van der Waals surface area contributed by atoms with E-state index in [9.17, 15) is 9.59 Å². The minimum atomic E-state index is -0.395. The molecule has 1 fully saturated rings. The van der Waals surface area contributed by atoms with Gasteiger partial charge < -0.3 is 9.80 Å². The Balaban J connectivity index is 1.66. The van der Waals surface area contributed by atoms with Crippen molar-refractivity contribution in [3.05, 3.63) is 44.9 Å². The van der Waals surface area contributed by atoms with E-state index in [2.05, 4.69) is 15.2 Å². The van der Waals surface area contributed by atoms with Gasteiger partial charge in [-0.05, 0) is 38.7 Å². The smallest absolute Gasteiger partial charge is 0.273 e. The van der Waals surface area contributed by atoms with Crippen molar-refractivity contribution in [2.75, 3.05) is 32.5 Å². The van der Waals surface area contributed by atoms with Crippen LogP contribution in [-0.2, 0) is 0 Å². The molecule has 1 N–H and O–H groups in total. The molecule has 0 bridgehead atoms. The van der Waals surface area contributed by atoms with Gasteiger partial charge in [-0.3, -0.25) is 14.9 Å². The zero-order chi connectivity index (χ0) is 18.8. The van der Waals surface area contributed by atoms with Gasteiger partial charge in [-0.25, -0.2) is 4.98 Å². The maximum atomic E-state index is 12.6. The van der Waals surface area contributed by atoms with Gasteiger partial charge in [-0.1, -0.05) is 23.2 Å². The molecule has 138 valence electrons. The molecule has 6 nitrogen and oxygen atoms in total. The Morgan fingerprint density at radius 1 is 1.35 bits per heavy atom. The van der Waals surface area contributed by atoms with Crippen LogP contribution in [0.3, 0.4) is 0 Å². The quantitative estimate of drug-likeness (QED) is 0.834. The Morgan fingerprint density at radius 2 is 2.12 bits per heavy atom. The average molecular weight is 413 g/mol. The SMILES string of the molecule is CN(C)C1CCN(C(=O)c2csc(NC(=O)c3ccc(Cl)cc3Cl)n2)C1. The Hall–Kier alpha value is -1.67. The summed E-state index contributed by atoms with van der Waals surface area (Å²) < 4.78 is 0. The number of anilines is 1. The minimum absolute atomic E-state index is 0.115. The number of likely N-dealkylation sites (N-methyl/N-ethyl adjacent to an activating group) is 1. The highest BCUT2D eigenvalue weighted by molar-refractivity contribution is 7.14. The number of benzene rings is 1. The van der Waals surface area contributed by atoms with Gasteiger partial charge in [0.25, 0.3) is 11.8 Å². The van der Waals surface area contributed by atoms with E-state index in [1.807, 2.05) is 14.1 Å². The van der Waals surface area contributed by atoms with Crippen LogP contribution >= 0.6 is 34.5 Å². The number of aromatic nitrogens is 1. The summed E-state index contributed by atoms with van der Waals surface area (Å²) in [4.78, 5) is 33.1. The van der Waals surface area contributed by atoms with Gasteiger partial charge in [0.2, 0.25) is 0 Å². The first-order chi connectivity index (χ1) is 12.3. The third kappa shape index (κ3) is 4.17. The molecule has 2 heterocycles. The van der Waals surface area contributed by atoms with Crippen LogP contribution in [0.15, 0.2) is 23.6 Å². The summed E-state index contributed by atoms with van der Waals surface area (Å²) in [5.41, 5.74) is 0.638. The fourth-order valence-electron chi connectivity index (χ4n) is 2.78. The summed E-state index contributed by atoms with van der Waals surface area (Å²) in [7, 11) is 4.02. The van der Waals surface area contributed by atoms with Crippen molar-refractivity contribution in [2.24, 2.45) is 0 Å². The summed E-state index contributed by atoms with van der Waals surface area (Å²) in [5, 5.41) is 5.40. The van der Waals surface area contributed by atoms with E-state index in [1.165, 1.54) is 17.4 Å². The molecule has 1 aliphatic rings. The molecule has 1 aromatic heterocycles. The van der Waals surface area contributed by atoms with E-state index in [0.717, 1.165) is 6.42 Å². The van der Waals surface area contributed by atoms with Crippen molar-refractivity contribution in [1.82, 2.24) is 14.8 Å². The number of likely N-dealkylation sites (tertiary alicyclic amines) is 1. The predicted octanol–water partition coefficient (Wildman–Crippen LogP) is 3.48. The summed E-state index contributed by atoms with van der Waals surface area (Å²) in [6, 6.07) is 5.01. The van der Waals surface area contributed by atoms with Crippen LogP contribution in [0.4, 0.5) is 5.13 Å². The van der Waals surface area contributed by atoms with Gasteiger partial charge in [0, 0.05) is 29.5 Å². The molecular weight excluding hydrogens is 395 g/mol. The number of rotatable bonds is 4. The number of hydrogen-bond donors (Lipinski definition) is 1. The predicted molar refractivity (Wildman–Crippen MR) is 105 cm³/mol. The van der Waals surface area contributed by atoms with Crippen LogP contribution in [0.2, 0.25) is 10.0 Å². The van der Waals surface area contributed by atoms with Crippen LogP contribution in [-0.4, -0.2) is 59.8 Å². The lowest BCUT2D eigenvalue weighted by molar-refractivity contribution is 0.0777. The van der Waals surface area contributed by atoms with Crippen molar-refractivity contribution in [1.29, 1.82) is 0 Å². The fraction of sp³-hybridized carbons (Fsp3) is 0.353. The lowest BCUT2D eigenvalue weighted by atomic mass is 10.2. The minimum Gasteiger partial charge on any atom is -0.336 e. The van der Waals surface area contributed by atoms with Gasteiger partial charge in [0.1, 0.15) is 5.69 Å². The van der Waals surface area contributed by atoms with E-state index in [4.69, 9.17) is 23.2 Å². The average Bonchev–Trinajstić information content (AvgIpc) is 3.23. The summed E-state index contributed by atoms with van der Waals surface area (Å²) in [6.07, 6.45) is 0.946.